The second-order valence-electron chi connectivity index (χ2n) is 9.07. The fraction of sp³-hybridized carbons (Fsp3) is 0.423. The van der Waals surface area contributed by atoms with Crippen LogP contribution < -0.4 is 15.2 Å². The van der Waals surface area contributed by atoms with Gasteiger partial charge in [-0.3, -0.25) is 4.98 Å². The van der Waals surface area contributed by atoms with Crippen LogP contribution in [0.15, 0.2) is 36.8 Å². The van der Waals surface area contributed by atoms with Crippen molar-refractivity contribution in [2.45, 2.75) is 45.4 Å². The molecule has 0 spiro atoms. The molecule has 4 heterocycles. The zero-order chi connectivity index (χ0) is 23.5. The van der Waals surface area contributed by atoms with Gasteiger partial charge in [-0.25, -0.2) is 9.97 Å². The molecule has 0 atom stereocenters. The maximum absolute atomic E-state index is 6.18. The van der Waals surface area contributed by atoms with E-state index >= 15 is 0 Å². The van der Waals surface area contributed by atoms with Crippen molar-refractivity contribution < 1.29 is 14.2 Å². The first-order valence-electron chi connectivity index (χ1n) is 11.8. The molecule has 0 aliphatic carbocycles. The average Bonchev–Trinajstić information content (AvgIpc) is 2.84. The third-order valence-corrected chi connectivity index (χ3v) is 6.51. The molecule has 2 aliphatic rings. The van der Waals surface area contributed by atoms with Crippen LogP contribution >= 0.6 is 0 Å². The maximum atomic E-state index is 6.18. The van der Waals surface area contributed by atoms with Gasteiger partial charge >= 0.3 is 0 Å². The molecule has 1 aromatic carbocycles. The SMILES string of the molecule is Cc1cc(-c2cnc(N)c(OCc3ccncc3OC3CCOCC3)n2)cc2c1CCN(C)C2. The maximum Gasteiger partial charge on any atom is 0.258 e. The lowest BCUT2D eigenvalue weighted by atomic mass is 9.92. The van der Waals surface area contributed by atoms with Crippen LogP contribution in [0.2, 0.25) is 0 Å². The van der Waals surface area contributed by atoms with Gasteiger partial charge in [-0.1, -0.05) is 0 Å². The minimum absolute atomic E-state index is 0.121. The zero-order valence-corrected chi connectivity index (χ0v) is 19.8. The quantitative estimate of drug-likeness (QED) is 0.595. The summed E-state index contributed by atoms with van der Waals surface area (Å²) in [6.07, 6.45) is 8.10. The van der Waals surface area contributed by atoms with Crippen LogP contribution in [0, 0.1) is 6.92 Å². The van der Waals surface area contributed by atoms with Gasteiger partial charge in [-0.05, 0) is 55.3 Å². The molecular weight excluding hydrogens is 430 g/mol. The summed E-state index contributed by atoms with van der Waals surface area (Å²) in [4.78, 5) is 15.6. The van der Waals surface area contributed by atoms with Crippen molar-refractivity contribution in [3.63, 3.8) is 0 Å². The van der Waals surface area contributed by atoms with E-state index in [9.17, 15) is 0 Å². The Morgan fingerprint density at radius 1 is 1.21 bits per heavy atom. The van der Waals surface area contributed by atoms with E-state index in [0.29, 0.717) is 24.8 Å². The minimum atomic E-state index is 0.121. The number of nitrogens with zero attached hydrogens (tertiary/aromatic N) is 4. The molecule has 0 radical (unpaired) electrons. The Balaban J connectivity index is 1.35. The van der Waals surface area contributed by atoms with Crippen LogP contribution in [0.5, 0.6) is 11.6 Å². The number of nitrogen functional groups attached to an aromatic ring is 1. The van der Waals surface area contributed by atoms with Crippen molar-refractivity contribution >= 4 is 5.82 Å². The van der Waals surface area contributed by atoms with E-state index < -0.39 is 0 Å². The number of nitrogens with two attached hydrogens (primary N) is 1. The first kappa shape index (κ1) is 22.6. The lowest BCUT2D eigenvalue weighted by molar-refractivity contribution is 0.0247. The third-order valence-electron chi connectivity index (χ3n) is 6.51. The summed E-state index contributed by atoms with van der Waals surface area (Å²) >= 11 is 0. The minimum Gasteiger partial charge on any atom is -0.488 e. The Kier molecular flexibility index (Phi) is 6.60. The van der Waals surface area contributed by atoms with Crippen LogP contribution in [-0.4, -0.2) is 52.8 Å². The number of pyridine rings is 1. The summed E-state index contributed by atoms with van der Waals surface area (Å²) in [6, 6.07) is 6.28. The van der Waals surface area contributed by atoms with Gasteiger partial charge in [0.25, 0.3) is 5.88 Å². The van der Waals surface area contributed by atoms with Crippen molar-refractivity contribution in [1.82, 2.24) is 19.9 Å². The highest BCUT2D eigenvalue weighted by atomic mass is 16.5. The van der Waals surface area contributed by atoms with Gasteiger partial charge in [-0.2, -0.15) is 0 Å². The van der Waals surface area contributed by atoms with Gasteiger partial charge in [-0.15, -0.1) is 0 Å². The molecule has 2 aliphatic heterocycles. The summed E-state index contributed by atoms with van der Waals surface area (Å²) in [6.45, 7) is 5.88. The lowest BCUT2D eigenvalue weighted by Crippen LogP contribution is -2.27. The molecule has 178 valence electrons. The number of likely N-dealkylation sites (N-methyl/N-ethyl adjacent to an activating group) is 1. The molecule has 0 amide bonds. The standard InChI is InChI=1S/C26H31N5O3/c1-17-11-19(12-20-15-31(2)8-4-22(17)20)23-13-29-25(27)26(30-23)33-16-18-3-7-28-14-24(18)34-21-5-9-32-10-6-21/h3,7,11-14,21H,4-6,8-10,15-16H2,1-2H3,(H2,27,29). The molecule has 3 aromatic rings. The lowest BCUT2D eigenvalue weighted by Gasteiger charge is -2.27. The van der Waals surface area contributed by atoms with Crippen molar-refractivity contribution in [2.24, 2.45) is 0 Å². The van der Waals surface area contributed by atoms with Crippen molar-refractivity contribution in [1.29, 1.82) is 0 Å². The van der Waals surface area contributed by atoms with Gasteiger partial charge in [0, 0.05) is 43.3 Å². The predicted molar refractivity (Wildman–Crippen MR) is 130 cm³/mol. The summed E-state index contributed by atoms with van der Waals surface area (Å²) < 4.78 is 17.6. The molecule has 1 saturated heterocycles. The summed E-state index contributed by atoms with van der Waals surface area (Å²) in [7, 11) is 2.15. The monoisotopic (exact) mass is 461 g/mol. The fourth-order valence-corrected chi connectivity index (χ4v) is 4.59. The van der Waals surface area contributed by atoms with E-state index in [0.717, 1.165) is 49.2 Å². The number of rotatable bonds is 6. The number of aromatic nitrogens is 3. The molecule has 34 heavy (non-hydrogen) atoms. The van der Waals surface area contributed by atoms with Crippen LogP contribution in [0.3, 0.4) is 0 Å². The van der Waals surface area contributed by atoms with Gasteiger partial charge in [0.1, 0.15) is 18.5 Å². The van der Waals surface area contributed by atoms with E-state index in [1.807, 2.05) is 6.07 Å². The third kappa shape index (κ3) is 4.98. The van der Waals surface area contributed by atoms with Gasteiger partial charge < -0.3 is 24.8 Å². The Morgan fingerprint density at radius 3 is 2.91 bits per heavy atom. The first-order valence-corrected chi connectivity index (χ1v) is 11.8. The number of anilines is 1. The van der Waals surface area contributed by atoms with Gasteiger partial charge in [0.15, 0.2) is 5.82 Å². The smallest absolute Gasteiger partial charge is 0.258 e. The van der Waals surface area contributed by atoms with Crippen LogP contribution in [0.25, 0.3) is 11.3 Å². The molecule has 0 unspecified atom stereocenters. The van der Waals surface area contributed by atoms with E-state index in [2.05, 4.69) is 41.0 Å². The highest BCUT2D eigenvalue weighted by Gasteiger charge is 2.19. The number of ether oxygens (including phenoxy) is 3. The Hall–Kier alpha value is -3.23. The Bertz CT molecular complexity index is 1160. The molecule has 8 nitrogen and oxygen atoms in total. The van der Waals surface area contributed by atoms with Gasteiger partial charge in [0.05, 0.1) is 31.3 Å². The largest absolute Gasteiger partial charge is 0.488 e. The molecular formula is C26H31N5O3. The number of aryl methyl sites for hydroxylation is 1. The first-order chi connectivity index (χ1) is 16.6. The second kappa shape index (κ2) is 9.95. The molecule has 1 fully saturated rings. The van der Waals surface area contributed by atoms with E-state index in [4.69, 9.17) is 24.9 Å². The van der Waals surface area contributed by atoms with E-state index in [1.54, 1.807) is 18.6 Å². The van der Waals surface area contributed by atoms with Crippen molar-refractivity contribution in [2.75, 3.05) is 32.5 Å². The number of benzene rings is 1. The molecule has 5 rings (SSSR count). The Labute approximate surface area is 200 Å². The Morgan fingerprint density at radius 2 is 2.06 bits per heavy atom. The topological polar surface area (TPSA) is 95.6 Å². The summed E-state index contributed by atoms with van der Waals surface area (Å²) in [5.41, 5.74) is 12.8. The van der Waals surface area contributed by atoms with Crippen molar-refractivity contribution in [3.8, 4) is 22.9 Å². The molecule has 8 heteroatoms. The molecule has 0 bridgehead atoms. The fourth-order valence-electron chi connectivity index (χ4n) is 4.59. The van der Waals surface area contributed by atoms with Crippen LogP contribution in [-0.2, 0) is 24.3 Å². The highest BCUT2D eigenvalue weighted by Crippen LogP contribution is 2.30. The summed E-state index contributed by atoms with van der Waals surface area (Å²) in [5.74, 6) is 1.30. The predicted octanol–water partition coefficient (Wildman–Crippen LogP) is 3.55. The van der Waals surface area contributed by atoms with Crippen LogP contribution in [0.1, 0.15) is 35.1 Å². The highest BCUT2D eigenvalue weighted by molar-refractivity contribution is 5.64. The normalized spacial score (nSPS) is 16.8. The number of hydrogen-bond acceptors (Lipinski definition) is 8. The van der Waals surface area contributed by atoms with E-state index in [1.165, 1.54) is 16.7 Å². The van der Waals surface area contributed by atoms with E-state index in [-0.39, 0.29) is 18.5 Å². The summed E-state index contributed by atoms with van der Waals surface area (Å²) in [5, 5.41) is 0. The molecule has 2 N–H and O–H groups in total. The van der Waals surface area contributed by atoms with Crippen molar-refractivity contribution in [3.05, 3.63) is 59.0 Å². The van der Waals surface area contributed by atoms with Gasteiger partial charge in [0.2, 0.25) is 0 Å². The number of fused-ring (bicyclic) bond motifs is 1. The molecule has 0 saturated carbocycles. The second-order valence-corrected chi connectivity index (χ2v) is 9.07. The zero-order valence-electron chi connectivity index (χ0n) is 19.8. The van der Waals surface area contributed by atoms with Crippen LogP contribution in [0.4, 0.5) is 5.82 Å². The number of hydrogen-bond donors (Lipinski definition) is 1. The average molecular weight is 462 g/mol. The molecule has 2 aromatic heterocycles.